The van der Waals surface area contributed by atoms with Gasteiger partial charge in [-0.25, -0.2) is 9.89 Å². The molecule has 5 rings (SSSR count). The summed E-state index contributed by atoms with van der Waals surface area (Å²) in [6, 6.07) is 16.1. The molecule has 44 heavy (non-hydrogen) atoms. The second kappa shape index (κ2) is 13.7. The Balaban J connectivity index is 1.26. The van der Waals surface area contributed by atoms with Crippen LogP contribution < -0.4 is 21.9 Å². The van der Waals surface area contributed by atoms with E-state index < -0.39 is 6.03 Å². The standard InChI is InChI=1S/C31H29Cl2N7O4/c32-24-16-35-17-25(33)27(24)37-31(44)36-10-7-22-15-26(38-39-29(22)42)21-5-1-3-19(13-21)20-4-2-6-23(14-20)30(43)40-11-8-18(9-12-40)28(34)41/h1-6,13-18H,7-12H2,(H2,34,41)(H,39,42)(H2,35,36,37,44). The van der Waals surface area contributed by atoms with Gasteiger partial charge in [-0.05, 0) is 54.7 Å². The van der Waals surface area contributed by atoms with Crippen molar-refractivity contribution in [1.29, 1.82) is 0 Å². The highest BCUT2D eigenvalue weighted by Gasteiger charge is 2.26. The zero-order chi connectivity index (χ0) is 31.2. The van der Waals surface area contributed by atoms with Crippen molar-refractivity contribution in [2.75, 3.05) is 25.0 Å². The largest absolute Gasteiger partial charge is 0.369 e. The maximum absolute atomic E-state index is 13.2. The van der Waals surface area contributed by atoms with Crippen LogP contribution in [-0.4, -0.2) is 57.6 Å². The number of likely N-dealkylation sites (tertiary alicyclic amines) is 1. The predicted molar refractivity (Wildman–Crippen MR) is 169 cm³/mol. The fourth-order valence-electron chi connectivity index (χ4n) is 5.02. The Kier molecular flexibility index (Phi) is 9.56. The molecule has 0 aliphatic carbocycles. The number of nitrogens with two attached hydrogens (primary N) is 1. The van der Waals surface area contributed by atoms with Crippen molar-refractivity contribution >= 4 is 46.7 Å². The Bertz CT molecular complexity index is 1750. The summed E-state index contributed by atoms with van der Waals surface area (Å²) >= 11 is 12.1. The number of halogens is 2. The minimum absolute atomic E-state index is 0.0906. The summed E-state index contributed by atoms with van der Waals surface area (Å²) in [5.41, 5.74) is 9.32. The van der Waals surface area contributed by atoms with Crippen LogP contribution in [0.2, 0.25) is 10.0 Å². The molecule has 13 heteroatoms. The second-order valence-electron chi connectivity index (χ2n) is 10.3. The number of anilines is 1. The molecule has 4 aromatic rings. The van der Waals surface area contributed by atoms with Crippen LogP contribution in [0.3, 0.4) is 0 Å². The number of H-pyrrole nitrogens is 1. The number of aromatic amines is 1. The van der Waals surface area contributed by atoms with Crippen molar-refractivity contribution in [3.8, 4) is 22.4 Å². The topological polar surface area (TPSA) is 163 Å². The first-order valence-corrected chi connectivity index (χ1v) is 14.7. The van der Waals surface area contributed by atoms with Crippen molar-refractivity contribution in [1.82, 2.24) is 25.4 Å². The van der Waals surface area contributed by atoms with Gasteiger partial charge in [0.2, 0.25) is 5.91 Å². The number of carbonyl (C=O) groups excluding carboxylic acids is 3. The third-order valence-corrected chi connectivity index (χ3v) is 8.01. The average Bonchev–Trinajstić information content (AvgIpc) is 3.03. The molecule has 1 aliphatic rings. The Labute approximate surface area is 262 Å². The molecule has 11 nitrogen and oxygen atoms in total. The van der Waals surface area contributed by atoms with E-state index in [0.717, 1.165) is 16.7 Å². The minimum atomic E-state index is -0.533. The van der Waals surface area contributed by atoms with Crippen LogP contribution in [0.5, 0.6) is 0 Å². The Morgan fingerprint density at radius 1 is 0.955 bits per heavy atom. The maximum atomic E-state index is 13.2. The lowest BCUT2D eigenvalue weighted by Crippen LogP contribution is -2.41. The third-order valence-electron chi connectivity index (χ3n) is 7.44. The van der Waals surface area contributed by atoms with E-state index in [9.17, 15) is 19.2 Å². The Morgan fingerprint density at radius 2 is 1.61 bits per heavy atom. The molecule has 2 aromatic heterocycles. The van der Waals surface area contributed by atoms with Crippen molar-refractivity contribution in [3.63, 3.8) is 0 Å². The summed E-state index contributed by atoms with van der Waals surface area (Å²) < 4.78 is 0. The lowest BCUT2D eigenvalue weighted by Gasteiger charge is -2.30. The highest BCUT2D eigenvalue weighted by Crippen LogP contribution is 2.29. The highest BCUT2D eigenvalue weighted by molar-refractivity contribution is 6.39. The van der Waals surface area contributed by atoms with Gasteiger partial charge < -0.3 is 21.3 Å². The van der Waals surface area contributed by atoms with Crippen LogP contribution >= 0.6 is 23.2 Å². The molecule has 0 bridgehead atoms. The van der Waals surface area contributed by atoms with Crippen LogP contribution in [0.1, 0.15) is 28.8 Å². The SMILES string of the molecule is NC(=O)C1CCN(C(=O)c2cccc(-c3cccc(-c4cc(CCNC(=O)Nc5c(Cl)cncc5Cl)c(=O)[nH]n4)c3)c2)CC1. The number of hydrogen-bond donors (Lipinski definition) is 4. The molecule has 3 heterocycles. The number of urea groups is 1. The fourth-order valence-corrected chi connectivity index (χ4v) is 5.48. The van der Waals surface area contributed by atoms with Crippen molar-refractivity contribution in [3.05, 3.63) is 98.5 Å². The number of rotatable bonds is 8. The average molecular weight is 635 g/mol. The number of amides is 4. The number of nitrogens with zero attached hydrogens (tertiary/aromatic N) is 3. The van der Waals surface area contributed by atoms with Crippen LogP contribution in [-0.2, 0) is 11.2 Å². The number of aromatic nitrogens is 3. The molecule has 0 unspecified atom stereocenters. The normalized spacial score (nSPS) is 13.4. The van der Waals surface area contributed by atoms with Gasteiger partial charge in [-0.3, -0.25) is 19.4 Å². The van der Waals surface area contributed by atoms with E-state index in [1.807, 2.05) is 42.5 Å². The molecule has 5 N–H and O–H groups in total. The zero-order valence-electron chi connectivity index (χ0n) is 23.5. The van der Waals surface area contributed by atoms with Gasteiger partial charge >= 0.3 is 6.03 Å². The van der Waals surface area contributed by atoms with E-state index >= 15 is 0 Å². The van der Waals surface area contributed by atoms with Crippen molar-refractivity contribution in [2.24, 2.45) is 11.7 Å². The van der Waals surface area contributed by atoms with Crippen LogP contribution in [0, 0.1) is 5.92 Å². The number of piperidine rings is 1. The van der Waals surface area contributed by atoms with E-state index in [2.05, 4.69) is 25.8 Å². The van der Waals surface area contributed by atoms with E-state index in [1.165, 1.54) is 12.4 Å². The molecule has 4 amide bonds. The monoisotopic (exact) mass is 633 g/mol. The highest BCUT2D eigenvalue weighted by atomic mass is 35.5. The number of pyridine rings is 1. The van der Waals surface area contributed by atoms with Gasteiger partial charge in [-0.1, -0.05) is 53.5 Å². The first-order valence-electron chi connectivity index (χ1n) is 13.9. The molecule has 1 aliphatic heterocycles. The molecule has 1 saturated heterocycles. The number of hydrogen-bond acceptors (Lipinski definition) is 6. The summed E-state index contributed by atoms with van der Waals surface area (Å²) in [4.78, 5) is 55.1. The molecular weight excluding hydrogens is 605 g/mol. The van der Waals surface area contributed by atoms with Crippen molar-refractivity contribution in [2.45, 2.75) is 19.3 Å². The molecule has 0 spiro atoms. The first-order chi connectivity index (χ1) is 21.2. The molecule has 0 radical (unpaired) electrons. The van der Waals surface area contributed by atoms with Crippen LogP contribution in [0.15, 0.2) is 71.8 Å². The number of carbonyl (C=O) groups is 3. The predicted octanol–water partition coefficient (Wildman–Crippen LogP) is 4.51. The molecule has 0 saturated carbocycles. The van der Waals surface area contributed by atoms with Crippen LogP contribution in [0.4, 0.5) is 10.5 Å². The van der Waals surface area contributed by atoms with Gasteiger partial charge in [0.25, 0.3) is 11.5 Å². The first kappa shape index (κ1) is 30.7. The summed E-state index contributed by atoms with van der Waals surface area (Å²) in [6.07, 6.45) is 4.11. The third kappa shape index (κ3) is 7.24. The lowest BCUT2D eigenvalue weighted by atomic mass is 9.95. The minimum Gasteiger partial charge on any atom is -0.369 e. The van der Waals surface area contributed by atoms with E-state index in [1.54, 1.807) is 17.0 Å². The zero-order valence-corrected chi connectivity index (χ0v) is 25.0. The Hall–Kier alpha value is -4.74. The smallest absolute Gasteiger partial charge is 0.319 e. The summed E-state index contributed by atoms with van der Waals surface area (Å²) in [7, 11) is 0. The van der Waals surface area contributed by atoms with Gasteiger partial charge in [0.1, 0.15) is 0 Å². The quantitative estimate of drug-likeness (QED) is 0.223. The van der Waals surface area contributed by atoms with Gasteiger partial charge in [0, 0.05) is 54.6 Å². The lowest BCUT2D eigenvalue weighted by molar-refractivity contribution is -0.123. The molecular formula is C31H29Cl2N7O4. The summed E-state index contributed by atoms with van der Waals surface area (Å²) in [6.45, 7) is 1.14. The van der Waals surface area contributed by atoms with Crippen LogP contribution in [0.25, 0.3) is 22.4 Å². The van der Waals surface area contributed by atoms with Crippen molar-refractivity contribution < 1.29 is 14.4 Å². The van der Waals surface area contributed by atoms with E-state index in [0.29, 0.717) is 42.8 Å². The number of benzene rings is 2. The molecule has 1 fully saturated rings. The summed E-state index contributed by atoms with van der Waals surface area (Å²) in [5.74, 6) is -0.601. The van der Waals surface area contributed by atoms with E-state index in [-0.39, 0.29) is 52.0 Å². The summed E-state index contributed by atoms with van der Waals surface area (Å²) in [5, 5.41) is 12.4. The number of nitrogens with one attached hydrogen (secondary N) is 3. The Morgan fingerprint density at radius 3 is 2.32 bits per heavy atom. The maximum Gasteiger partial charge on any atom is 0.319 e. The number of primary amides is 1. The second-order valence-corrected chi connectivity index (χ2v) is 11.2. The molecule has 0 atom stereocenters. The van der Waals surface area contributed by atoms with E-state index in [4.69, 9.17) is 28.9 Å². The van der Waals surface area contributed by atoms with Gasteiger partial charge in [-0.2, -0.15) is 5.10 Å². The van der Waals surface area contributed by atoms with Gasteiger partial charge in [-0.15, -0.1) is 0 Å². The van der Waals surface area contributed by atoms with Gasteiger partial charge in [0.05, 0.1) is 21.4 Å². The fraction of sp³-hybridized carbons (Fsp3) is 0.226. The van der Waals surface area contributed by atoms with Gasteiger partial charge in [0.15, 0.2) is 0 Å². The molecule has 2 aromatic carbocycles. The molecule has 226 valence electrons.